The van der Waals surface area contributed by atoms with Crippen LogP contribution >= 0.6 is 0 Å². The maximum absolute atomic E-state index is 12.0. The quantitative estimate of drug-likeness (QED) is 0.880. The summed E-state index contributed by atoms with van der Waals surface area (Å²) < 4.78 is 40.5. The van der Waals surface area contributed by atoms with E-state index in [0.29, 0.717) is 18.1 Å². The normalized spacial score (nSPS) is 12.9. The average molecular weight is 313 g/mol. The van der Waals surface area contributed by atoms with E-state index in [2.05, 4.69) is 30.2 Å². The van der Waals surface area contributed by atoms with E-state index in [9.17, 15) is 13.2 Å². The Morgan fingerprint density at radius 2 is 1.91 bits per heavy atom. The second-order valence-corrected chi connectivity index (χ2v) is 4.48. The van der Waals surface area contributed by atoms with Crippen molar-refractivity contribution in [2.24, 2.45) is 0 Å². The predicted octanol–water partition coefficient (Wildman–Crippen LogP) is 2.06. The van der Waals surface area contributed by atoms with E-state index in [0.717, 1.165) is 0 Å². The Morgan fingerprint density at radius 3 is 2.50 bits per heavy atom. The number of rotatable bonds is 6. The summed E-state index contributed by atoms with van der Waals surface area (Å²) in [5.41, 5.74) is 0.571. The number of aromatic nitrogens is 4. The fourth-order valence-electron chi connectivity index (χ4n) is 1.56. The van der Waals surface area contributed by atoms with Crippen molar-refractivity contribution >= 4 is 0 Å². The molecule has 0 aliphatic heterocycles. The molecule has 1 atom stereocenters. The standard InChI is InChI=1S/C13H14F3N5O/c1-9(12-17-5-2-6-18-12)19-7-10-3-4-11(21-20-10)22-8-13(14,15)16/h2-6,9,19H,7-8H2,1H3. The van der Waals surface area contributed by atoms with Crippen molar-refractivity contribution in [1.29, 1.82) is 0 Å². The van der Waals surface area contributed by atoms with Crippen LogP contribution in [0.5, 0.6) is 5.88 Å². The minimum Gasteiger partial charge on any atom is -0.467 e. The van der Waals surface area contributed by atoms with Crippen LogP contribution in [-0.4, -0.2) is 32.9 Å². The molecule has 118 valence electrons. The molecule has 1 unspecified atom stereocenters. The molecule has 9 heteroatoms. The van der Waals surface area contributed by atoms with E-state index < -0.39 is 12.8 Å². The molecular formula is C13H14F3N5O. The Morgan fingerprint density at radius 1 is 1.18 bits per heavy atom. The van der Waals surface area contributed by atoms with Crippen molar-refractivity contribution in [2.45, 2.75) is 25.7 Å². The van der Waals surface area contributed by atoms with Gasteiger partial charge in [-0.3, -0.25) is 0 Å². The zero-order valence-corrected chi connectivity index (χ0v) is 11.7. The van der Waals surface area contributed by atoms with Crippen LogP contribution in [0.4, 0.5) is 13.2 Å². The molecule has 2 heterocycles. The molecule has 0 amide bonds. The van der Waals surface area contributed by atoms with Crippen molar-refractivity contribution in [3.63, 3.8) is 0 Å². The highest BCUT2D eigenvalue weighted by Gasteiger charge is 2.28. The molecule has 2 aromatic heterocycles. The molecule has 2 rings (SSSR count). The van der Waals surface area contributed by atoms with Gasteiger partial charge in [0, 0.05) is 25.0 Å². The number of ether oxygens (including phenoxy) is 1. The number of nitrogens with zero attached hydrogens (tertiary/aromatic N) is 4. The maximum Gasteiger partial charge on any atom is 0.422 e. The highest BCUT2D eigenvalue weighted by Crippen LogP contribution is 2.16. The minimum absolute atomic E-state index is 0.0934. The van der Waals surface area contributed by atoms with Gasteiger partial charge in [0.05, 0.1) is 11.7 Å². The minimum atomic E-state index is -4.40. The Labute approximate surface area is 124 Å². The second-order valence-electron chi connectivity index (χ2n) is 4.48. The molecule has 0 aliphatic carbocycles. The first-order valence-electron chi connectivity index (χ1n) is 6.46. The van der Waals surface area contributed by atoms with Crippen LogP contribution in [0.3, 0.4) is 0 Å². The smallest absolute Gasteiger partial charge is 0.422 e. The molecule has 0 radical (unpaired) electrons. The zero-order chi connectivity index (χ0) is 16.0. The second kappa shape index (κ2) is 7.12. The van der Waals surface area contributed by atoms with Crippen LogP contribution in [0.1, 0.15) is 24.5 Å². The lowest BCUT2D eigenvalue weighted by Crippen LogP contribution is -2.21. The SMILES string of the molecule is CC(NCc1ccc(OCC(F)(F)F)nn1)c1ncccn1. The molecule has 0 saturated carbocycles. The van der Waals surface area contributed by atoms with Crippen LogP contribution in [0.25, 0.3) is 0 Å². The first-order valence-corrected chi connectivity index (χ1v) is 6.46. The first-order chi connectivity index (χ1) is 10.4. The summed E-state index contributed by atoms with van der Waals surface area (Å²) in [6.45, 7) is 0.886. The van der Waals surface area contributed by atoms with Crippen molar-refractivity contribution in [1.82, 2.24) is 25.5 Å². The maximum atomic E-state index is 12.0. The van der Waals surface area contributed by atoms with Crippen molar-refractivity contribution < 1.29 is 17.9 Å². The summed E-state index contributed by atoms with van der Waals surface area (Å²) in [7, 11) is 0. The van der Waals surface area contributed by atoms with Gasteiger partial charge < -0.3 is 10.1 Å². The molecule has 0 saturated heterocycles. The van der Waals surface area contributed by atoms with E-state index in [1.807, 2.05) is 6.92 Å². The van der Waals surface area contributed by atoms with Crippen LogP contribution < -0.4 is 10.1 Å². The molecule has 1 N–H and O–H groups in total. The number of alkyl halides is 3. The molecular weight excluding hydrogens is 299 g/mol. The fourth-order valence-corrected chi connectivity index (χ4v) is 1.56. The van der Waals surface area contributed by atoms with E-state index in [-0.39, 0.29) is 11.9 Å². The van der Waals surface area contributed by atoms with Gasteiger partial charge in [-0.05, 0) is 19.1 Å². The third-order valence-corrected chi connectivity index (χ3v) is 2.64. The van der Waals surface area contributed by atoms with Gasteiger partial charge in [0.2, 0.25) is 5.88 Å². The lowest BCUT2D eigenvalue weighted by atomic mass is 10.3. The summed E-state index contributed by atoms with van der Waals surface area (Å²) in [5.74, 6) is 0.473. The molecule has 0 aliphatic rings. The fraction of sp³-hybridized carbons (Fsp3) is 0.385. The van der Waals surface area contributed by atoms with E-state index in [1.165, 1.54) is 6.07 Å². The van der Waals surface area contributed by atoms with Crippen molar-refractivity contribution in [2.75, 3.05) is 6.61 Å². The molecule has 0 aromatic carbocycles. The van der Waals surface area contributed by atoms with Gasteiger partial charge in [-0.1, -0.05) is 0 Å². The Bertz CT molecular complexity index is 576. The number of hydrogen-bond acceptors (Lipinski definition) is 6. The molecule has 22 heavy (non-hydrogen) atoms. The molecule has 0 fully saturated rings. The summed E-state index contributed by atoms with van der Waals surface area (Å²) >= 11 is 0. The van der Waals surface area contributed by atoms with E-state index in [4.69, 9.17) is 0 Å². The Hall–Kier alpha value is -2.29. The van der Waals surface area contributed by atoms with Crippen LogP contribution in [0.2, 0.25) is 0 Å². The molecule has 0 spiro atoms. The van der Waals surface area contributed by atoms with Gasteiger partial charge in [0.15, 0.2) is 6.61 Å². The van der Waals surface area contributed by atoms with Gasteiger partial charge in [-0.25, -0.2) is 9.97 Å². The Balaban J connectivity index is 1.84. The molecule has 6 nitrogen and oxygen atoms in total. The van der Waals surface area contributed by atoms with Crippen LogP contribution in [-0.2, 0) is 6.54 Å². The lowest BCUT2D eigenvalue weighted by molar-refractivity contribution is -0.154. The van der Waals surface area contributed by atoms with Crippen LogP contribution in [0.15, 0.2) is 30.6 Å². The first kappa shape index (κ1) is 16.1. The van der Waals surface area contributed by atoms with Gasteiger partial charge in [0.25, 0.3) is 0 Å². The third kappa shape index (κ3) is 5.24. The average Bonchev–Trinajstić information content (AvgIpc) is 2.52. The topological polar surface area (TPSA) is 72.8 Å². The lowest BCUT2D eigenvalue weighted by Gasteiger charge is -2.12. The molecule has 2 aromatic rings. The number of nitrogens with one attached hydrogen (secondary N) is 1. The van der Waals surface area contributed by atoms with Gasteiger partial charge in [-0.2, -0.15) is 18.3 Å². The summed E-state index contributed by atoms with van der Waals surface area (Å²) in [6, 6.07) is 4.52. The van der Waals surface area contributed by atoms with Gasteiger partial charge in [0.1, 0.15) is 5.82 Å². The van der Waals surface area contributed by atoms with Crippen molar-refractivity contribution in [3.05, 3.63) is 42.1 Å². The van der Waals surface area contributed by atoms with Crippen LogP contribution in [0, 0.1) is 0 Å². The summed E-state index contributed by atoms with van der Waals surface area (Å²) in [4.78, 5) is 8.23. The van der Waals surface area contributed by atoms with Gasteiger partial charge in [-0.15, -0.1) is 5.10 Å². The number of halogens is 3. The predicted molar refractivity (Wildman–Crippen MR) is 70.9 cm³/mol. The summed E-state index contributed by atoms with van der Waals surface area (Å²) in [5, 5.41) is 10.5. The highest BCUT2D eigenvalue weighted by atomic mass is 19.4. The summed E-state index contributed by atoms with van der Waals surface area (Å²) in [6.07, 6.45) is -1.10. The van der Waals surface area contributed by atoms with Gasteiger partial charge >= 0.3 is 6.18 Å². The monoisotopic (exact) mass is 313 g/mol. The Kier molecular flexibility index (Phi) is 5.21. The number of hydrogen-bond donors (Lipinski definition) is 1. The zero-order valence-electron chi connectivity index (χ0n) is 11.7. The van der Waals surface area contributed by atoms with E-state index in [1.54, 1.807) is 24.5 Å². The van der Waals surface area contributed by atoms with Crippen molar-refractivity contribution in [3.8, 4) is 5.88 Å². The largest absolute Gasteiger partial charge is 0.467 e. The van der Waals surface area contributed by atoms with E-state index >= 15 is 0 Å². The highest BCUT2D eigenvalue weighted by molar-refractivity contribution is 5.11. The molecule has 0 bridgehead atoms. The third-order valence-electron chi connectivity index (χ3n) is 2.64.